The normalized spacial score (nSPS) is 11.7. The maximum atomic E-state index is 8.81. The summed E-state index contributed by atoms with van der Waals surface area (Å²) in [5.74, 6) is 0. The average Bonchev–Trinajstić information content (AvgIpc) is 2.45. The number of nitrogens with one attached hydrogen (secondary N) is 1. The maximum Gasteiger partial charge on any atom is 0.0629 e. The number of rotatable bonds is 4. The van der Waals surface area contributed by atoms with Gasteiger partial charge in [-0.15, -0.1) is 0 Å². The summed E-state index contributed by atoms with van der Waals surface area (Å²) >= 11 is 0. The van der Waals surface area contributed by atoms with Gasteiger partial charge in [0.05, 0.1) is 5.69 Å². The van der Waals surface area contributed by atoms with Crippen molar-refractivity contribution < 1.29 is 5.21 Å². The first-order valence-electron chi connectivity index (χ1n) is 5.64. The van der Waals surface area contributed by atoms with Crippen LogP contribution in [0.1, 0.15) is 5.56 Å². The molecule has 0 aliphatic heterocycles. The van der Waals surface area contributed by atoms with Crippen LogP contribution in [0.2, 0.25) is 0 Å². The Morgan fingerprint density at radius 2 is 1.56 bits per heavy atom. The van der Waals surface area contributed by atoms with E-state index in [1.165, 1.54) is 6.20 Å². The maximum absolute atomic E-state index is 8.81. The van der Waals surface area contributed by atoms with Crippen molar-refractivity contribution in [2.45, 2.75) is 0 Å². The van der Waals surface area contributed by atoms with Gasteiger partial charge in [-0.25, -0.2) is 0 Å². The van der Waals surface area contributed by atoms with Crippen LogP contribution in [0, 0.1) is 0 Å². The fourth-order valence-corrected chi connectivity index (χ4v) is 1.55. The highest BCUT2D eigenvalue weighted by molar-refractivity contribution is 6.10. The van der Waals surface area contributed by atoms with Gasteiger partial charge in [0.2, 0.25) is 0 Å². The van der Waals surface area contributed by atoms with Gasteiger partial charge in [-0.3, -0.25) is 15.7 Å². The van der Waals surface area contributed by atoms with Crippen molar-refractivity contribution in [1.29, 1.82) is 0 Å². The minimum Gasteiger partial charge on any atom is -0.292 e. The van der Waals surface area contributed by atoms with E-state index in [0.717, 1.165) is 16.8 Å². The lowest BCUT2D eigenvalue weighted by atomic mass is 10.1. The molecule has 0 saturated carbocycles. The SMILES string of the molecule is ON/C=C(\C=Nc1ccccc1)c1ccccc1. The number of allylic oxidation sites excluding steroid dienone is 1. The molecular weight excluding hydrogens is 224 g/mol. The molecule has 0 spiro atoms. The standard InChI is InChI=1S/C15H14N2O/c18-17-12-14(13-7-3-1-4-8-13)11-16-15-9-5-2-6-10-15/h1-12,17-18H/b14-12+,16-11?. The second-order valence-corrected chi connectivity index (χ2v) is 3.69. The molecule has 2 rings (SSSR count). The molecule has 0 fully saturated rings. The molecule has 3 heteroatoms. The monoisotopic (exact) mass is 238 g/mol. The van der Waals surface area contributed by atoms with Gasteiger partial charge in [-0.05, 0) is 17.7 Å². The molecule has 0 bridgehead atoms. The minimum absolute atomic E-state index is 0.807. The van der Waals surface area contributed by atoms with Crippen LogP contribution in [-0.2, 0) is 0 Å². The van der Waals surface area contributed by atoms with Crippen LogP contribution in [-0.4, -0.2) is 11.4 Å². The van der Waals surface area contributed by atoms with E-state index >= 15 is 0 Å². The quantitative estimate of drug-likeness (QED) is 0.633. The predicted molar refractivity (Wildman–Crippen MR) is 73.9 cm³/mol. The third kappa shape index (κ3) is 3.30. The summed E-state index contributed by atoms with van der Waals surface area (Å²) in [6.07, 6.45) is 3.22. The summed E-state index contributed by atoms with van der Waals surface area (Å²) in [7, 11) is 0. The molecule has 3 nitrogen and oxygen atoms in total. The number of para-hydroxylation sites is 1. The molecule has 0 amide bonds. The highest BCUT2D eigenvalue weighted by Gasteiger charge is 1.97. The van der Waals surface area contributed by atoms with Crippen molar-refractivity contribution in [1.82, 2.24) is 5.48 Å². The summed E-state index contributed by atoms with van der Waals surface area (Å²) in [6.45, 7) is 0. The number of hydrogen-bond donors (Lipinski definition) is 2. The molecule has 2 aromatic carbocycles. The Morgan fingerprint density at radius 1 is 0.944 bits per heavy atom. The van der Waals surface area contributed by atoms with Gasteiger partial charge >= 0.3 is 0 Å². The second-order valence-electron chi connectivity index (χ2n) is 3.69. The van der Waals surface area contributed by atoms with Crippen molar-refractivity contribution in [3.8, 4) is 0 Å². The number of hydroxylamine groups is 1. The Bertz CT molecular complexity index is 533. The molecule has 90 valence electrons. The van der Waals surface area contributed by atoms with Gasteiger partial charge < -0.3 is 0 Å². The molecule has 0 heterocycles. The Labute approximate surface area is 106 Å². The average molecular weight is 238 g/mol. The molecule has 0 saturated heterocycles. The first-order chi connectivity index (χ1) is 8.90. The van der Waals surface area contributed by atoms with E-state index < -0.39 is 0 Å². The van der Waals surface area contributed by atoms with Crippen LogP contribution < -0.4 is 5.48 Å². The first kappa shape index (κ1) is 12.1. The third-order valence-electron chi connectivity index (χ3n) is 2.44. The summed E-state index contributed by atoms with van der Waals surface area (Å²) in [4.78, 5) is 4.36. The lowest BCUT2D eigenvalue weighted by molar-refractivity contribution is 0.215. The number of benzene rings is 2. The number of aliphatic imine (C=N–C) groups is 1. The molecule has 0 radical (unpaired) electrons. The summed E-state index contributed by atoms with van der Waals surface area (Å²) in [5, 5.41) is 8.81. The van der Waals surface area contributed by atoms with Crippen molar-refractivity contribution in [3.63, 3.8) is 0 Å². The molecule has 0 atom stereocenters. The Morgan fingerprint density at radius 3 is 2.17 bits per heavy atom. The van der Waals surface area contributed by atoms with E-state index in [4.69, 9.17) is 5.21 Å². The second kappa shape index (κ2) is 6.37. The Kier molecular flexibility index (Phi) is 4.27. The minimum atomic E-state index is 0.807. The highest BCUT2D eigenvalue weighted by Crippen LogP contribution is 2.14. The van der Waals surface area contributed by atoms with Crippen molar-refractivity contribution in [2.24, 2.45) is 4.99 Å². The van der Waals surface area contributed by atoms with E-state index in [-0.39, 0.29) is 0 Å². The van der Waals surface area contributed by atoms with Crippen molar-refractivity contribution >= 4 is 17.5 Å². The van der Waals surface area contributed by atoms with E-state index in [1.54, 1.807) is 6.21 Å². The van der Waals surface area contributed by atoms with Crippen LogP contribution in [0.25, 0.3) is 5.57 Å². The molecule has 2 N–H and O–H groups in total. The van der Waals surface area contributed by atoms with Crippen LogP contribution in [0.3, 0.4) is 0 Å². The Hall–Kier alpha value is -2.39. The van der Waals surface area contributed by atoms with Gasteiger partial charge in [0.25, 0.3) is 0 Å². The molecular formula is C15H14N2O. The third-order valence-corrected chi connectivity index (χ3v) is 2.44. The predicted octanol–water partition coefficient (Wildman–Crippen LogP) is 3.41. The topological polar surface area (TPSA) is 44.6 Å². The van der Waals surface area contributed by atoms with Gasteiger partial charge in [-0.2, -0.15) is 0 Å². The largest absolute Gasteiger partial charge is 0.292 e. The van der Waals surface area contributed by atoms with E-state index in [2.05, 4.69) is 4.99 Å². The smallest absolute Gasteiger partial charge is 0.0629 e. The van der Waals surface area contributed by atoms with Gasteiger partial charge in [0.1, 0.15) is 0 Å². The van der Waals surface area contributed by atoms with E-state index in [9.17, 15) is 0 Å². The van der Waals surface area contributed by atoms with Crippen LogP contribution in [0.4, 0.5) is 5.69 Å². The van der Waals surface area contributed by atoms with Gasteiger partial charge in [0.15, 0.2) is 0 Å². The number of hydrogen-bond acceptors (Lipinski definition) is 3. The van der Waals surface area contributed by atoms with Crippen LogP contribution in [0.5, 0.6) is 0 Å². The molecule has 0 unspecified atom stereocenters. The summed E-state index contributed by atoms with van der Waals surface area (Å²) in [5.41, 5.74) is 4.71. The van der Waals surface area contributed by atoms with Crippen molar-refractivity contribution in [2.75, 3.05) is 0 Å². The van der Waals surface area contributed by atoms with E-state index in [0.29, 0.717) is 0 Å². The summed E-state index contributed by atoms with van der Waals surface area (Å²) < 4.78 is 0. The lowest BCUT2D eigenvalue weighted by Gasteiger charge is -2.01. The molecule has 0 aliphatic rings. The van der Waals surface area contributed by atoms with Gasteiger partial charge in [0, 0.05) is 18.0 Å². The van der Waals surface area contributed by atoms with Crippen LogP contribution >= 0.6 is 0 Å². The van der Waals surface area contributed by atoms with Gasteiger partial charge in [-0.1, -0.05) is 48.5 Å². The Balaban J connectivity index is 2.23. The molecule has 2 aromatic rings. The molecule has 0 aliphatic carbocycles. The zero-order chi connectivity index (χ0) is 12.6. The molecule has 18 heavy (non-hydrogen) atoms. The first-order valence-corrected chi connectivity index (χ1v) is 5.64. The number of nitrogens with zero attached hydrogens (tertiary/aromatic N) is 1. The molecule has 0 aromatic heterocycles. The zero-order valence-electron chi connectivity index (χ0n) is 9.82. The summed E-state index contributed by atoms with van der Waals surface area (Å²) in [6, 6.07) is 19.4. The fourth-order valence-electron chi connectivity index (χ4n) is 1.55. The van der Waals surface area contributed by atoms with Crippen molar-refractivity contribution in [3.05, 3.63) is 72.4 Å². The van der Waals surface area contributed by atoms with E-state index in [1.807, 2.05) is 66.1 Å². The fraction of sp³-hybridized carbons (Fsp3) is 0. The zero-order valence-corrected chi connectivity index (χ0v) is 9.82. The highest BCUT2D eigenvalue weighted by atomic mass is 16.5. The van der Waals surface area contributed by atoms with Crippen LogP contribution in [0.15, 0.2) is 71.9 Å². The lowest BCUT2D eigenvalue weighted by Crippen LogP contribution is -1.98.